The molecule has 7 heteroatoms. The molecule has 0 bridgehead atoms. The van der Waals surface area contributed by atoms with E-state index in [1.165, 1.54) is 0 Å². The first kappa shape index (κ1) is 14.1. The second kappa shape index (κ2) is 6.25. The van der Waals surface area contributed by atoms with Crippen molar-refractivity contribution in [3.05, 3.63) is 23.8 Å². The fraction of sp³-hybridized carbons (Fsp3) is 0.385. The maximum atomic E-state index is 11.5. The van der Waals surface area contributed by atoms with Crippen molar-refractivity contribution < 1.29 is 24.2 Å². The van der Waals surface area contributed by atoms with Crippen LogP contribution >= 0.6 is 0 Å². The molecule has 0 aliphatic carbocycles. The highest BCUT2D eigenvalue weighted by molar-refractivity contribution is 5.85. The van der Waals surface area contributed by atoms with E-state index in [9.17, 15) is 9.59 Å². The van der Waals surface area contributed by atoms with Crippen LogP contribution in [-0.2, 0) is 16.0 Å². The van der Waals surface area contributed by atoms with E-state index in [-0.39, 0.29) is 13.2 Å². The first-order valence-corrected chi connectivity index (χ1v) is 6.20. The summed E-state index contributed by atoms with van der Waals surface area (Å²) in [5, 5.41) is 11.1. The number of ether oxygens (including phenoxy) is 2. The van der Waals surface area contributed by atoms with Gasteiger partial charge in [0.15, 0.2) is 11.5 Å². The fourth-order valence-electron chi connectivity index (χ4n) is 1.84. The van der Waals surface area contributed by atoms with E-state index >= 15 is 0 Å². The summed E-state index contributed by atoms with van der Waals surface area (Å²) in [4.78, 5) is 21.9. The van der Waals surface area contributed by atoms with Gasteiger partial charge in [-0.2, -0.15) is 0 Å². The molecular weight excluding hydrogens is 264 g/mol. The molecule has 0 radical (unpaired) electrons. The molecule has 0 saturated carbocycles. The Morgan fingerprint density at radius 2 is 2.10 bits per heavy atom. The smallest absolute Gasteiger partial charge is 0.305 e. The van der Waals surface area contributed by atoms with Gasteiger partial charge in [-0.1, -0.05) is 6.07 Å². The van der Waals surface area contributed by atoms with Crippen LogP contribution in [-0.4, -0.2) is 36.4 Å². The lowest BCUT2D eigenvalue weighted by Gasteiger charge is -2.10. The van der Waals surface area contributed by atoms with Gasteiger partial charge in [0.25, 0.3) is 0 Å². The number of hydrogen-bond donors (Lipinski definition) is 3. The summed E-state index contributed by atoms with van der Waals surface area (Å²) < 4.78 is 10.5. The highest BCUT2D eigenvalue weighted by atomic mass is 16.7. The quantitative estimate of drug-likeness (QED) is 0.669. The van der Waals surface area contributed by atoms with Crippen LogP contribution in [0.5, 0.6) is 11.5 Å². The molecule has 1 aliphatic rings. The van der Waals surface area contributed by atoms with Gasteiger partial charge in [-0.05, 0) is 24.1 Å². The SMILES string of the molecule is N[C@@H](CC(=O)O)C(=O)NCCc1ccc2c(c1)OCO2. The molecule has 7 nitrogen and oxygen atoms in total. The summed E-state index contributed by atoms with van der Waals surface area (Å²) in [5.41, 5.74) is 6.43. The highest BCUT2D eigenvalue weighted by Crippen LogP contribution is 2.32. The van der Waals surface area contributed by atoms with Crippen LogP contribution in [0.4, 0.5) is 0 Å². The minimum absolute atomic E-state index is 0.222. The predicted octanol–water partition coefficient (Wildman–Crippen LogP) is -0.124. The van der Waals surface area contributed by atoms with Gasteiger partial charge >= 0.3 is 5.97 Å². The average Bonchev–Trinajstić information content (AvgIpc) is 2.85. The van der Waals surface area contributed by atoms with E-state index in [1.54, 1.807) is 0 Å². The zero-order valence-corrected chi connectivity index (χ0v) is 10.8. The molecule has 2 rings (SSSR count). The Kier molecular flexibility index (Phi) is 4.41. The second-order valence-electron chi connectivity index (χ2n) is 4.43. The largest absolute Gasteiger partial charge is 0.481 e. The van der Waals surface area contributed by atoms with Gasteiger partial charge in [0, 0.05) is 6.54 Å². The number of fused-ring (bicyclic) bond motifs is 1. The van der Waals surface area contributed by atoms with Crippen molar-refractivity contribution in [3.8, 4) is 11.5 Å². The zero-order valence-electron chi connectivity index (χ0n) is 10.8. The van der Waals surface area contributed by atoms with E-state index in [4.69, 9.17) is 20.3 Å². The van der Waals surface area contributed by atoms with Gasteiger partial charge in [0.2, 0.25) is 12.7 Å². The van der Waals surface area contributed by atoms with Crippen LogP contribution in [0, 0.1) is 0 Å². The van der Waals surface area contributed by atoms with Gasteiger partial charge in [-0.15, -0.1) is 0 Å². The summed E-state index contributed by atoms with van der Waals surface area (Å²) in [6.45, 7) is 0.603. The maximum absolute atomic E-state index is 11.5. The summed E-state index contributed by atoms with van der Waals surface area (Å²) in [6, 6.07) is 4.53. The van der Waals surface area contributed by atoms with Crippen LogP contribution in [0.25, 0.3) is 0 Å². The number of hydrogen-bond acceptors (Lipinski definition) is 5. The molecule has 1 aromatic carbocycles. The topological polar surface area (TPSA) is 111 Å². The van der Waals surface area contributed by atoms with Crippen molar-refractivity contribution in [2.75, 3.05) is 13.3 Å². The fourth-order valence-corrected chi connectivity index (χ4v) is 1.84. The summed E-state index contributed by atoms with van der Waals surface area (Å²) in [7, 11) is 0. The van der Waals surface area contributed by atoms with E-state index in [1.807, 2.05) is 18.2 Å². The van der Waals surface area contributed by atoms with E-state index in [0.29, 0.717) is 24.5 Å². The third-order valence-corrected chi connectivity index (χ3v) is 2.88. The van der Waals surface area contributed by atoms with Crippen molar-refractivity contribution in [1.29, 1.82) is 0 Å². The van der Waals surface area contributed by atoms with Crippen LogP contribution in [0.1, 0.15) is 12.0 Å². The van der Waals surface area contributed by atoms with Gasteiger partial charge in [0.1, 0.15) is 0 Å². The zero-order chi connectivity index (χ0) is 14.5. The molecule has 0 spiro atoms. The number of benzene rings is 1. The van der Waals surface area contributed by atoms with Gasteiger partial charge in [-0.3, -0.25) is 9.59 Å². The molecule has 0 saturated heterocycles. The number of aliphatic carboxylic acids is 1. The molecule has 20 heavy (non-hydrogen) atoms. The van der Waals surface area contributed by atoms with Crippen molar-refractivity contribution in [2.45, 2.75) is 18.9 Å². The number of rotatable bonds is 6. The van der Waals surface area contributed by atoms with Crippen LogP contribution < -0.4 is 20.5 Å². The van der Waals surface area contributed by atoms with Gasteiger partial charge < -0.3 is 25.6 Å². The monoisotopic (exact) mass is 280 g/mol. The molecule has 1 aliphatic heterocycles. The predicted molar refractivity (Wildman–Crippen MR) is 69.5 cm³/mol. The Morgan fingerprint density at radius 1 is 1.35 bits per heavy atom. The number of nitrogens with two attached hydrogens (primary N) is 1. The van der Waals surface area contributed by atoms with E-state index in [0.717, 1.165) is 5.56 Å². The lowest BCUT2D eigenvalue weighted by Crippen LogP contribution is -2.42. The molecule has 108 valence electrons. The molecule has 1 aromatic rings. The average molecular weight is 280 g/mol. The molecule has 4 N–H and O–H groups in total. The molecule has 1 heterocycles. The minimum Gasteiger partial charge on any atom is -0.481 e. The number of carboxylic acid groups (broad SMARTS) is 1. The minimum atomic E-state index is -1.09. The Labute approximate surface area is 115 Å². The maximum Gasteiger partial charge on any atom is 0.305 e. The Hall–Kier alpha value is -2.28. The van der Waals surface area contributed by atoms with Crippen LogP contribution in [0.3, 0.4) is 0 Å². The Bertz CT molecular complexity index is 517. The molecule has 0 unspecified atom stereocenters. The number of amides is 1. The first-order chi connectivity index (χ1) is 9.56. The van der Waals surface area contributed by atoms with Crippen molar-refractivity contribution in [3.63, 3.8) is 0 Å². The molecular formula is C13H16N2O5. The number of carbonyl (C=O) groups excluding carboxylic acids is 1. The van der Waals surface area contributed by atoms with E-state index < -0.39 is 17.9 Å². The summed E-state index contributed by atoms with van der Waals surface area (Å²) in [5.74, 6) is -0.158. The molecule has 1 amide bonds. The second-order valence-corrected chi connectivity index (χ2v) is 4.43. The normalized spacial score (nSPS) is 13.8. The molecule has 0 fully saturated rings. The van der Waals surface area contributed by atoms with Crippen molar-refractivity contribution in [1.82, 2.24) is 5.32 Å². The molecule has 0 aromatic heterocycles. The number of carboxylic acids is 1. The lowest BCUT2D eigenvalue weighted by molar-refractivity contribution is -0.139. The van der Waals surface area contributed by atoms with E-state index in [2.05, 4.69) is 5.32 Å². The Morgan fingerprint density at radius 3 is 2.85 bits per heavy atom. The van der Waals surface area contributed by atoms with Crippen LogP contribution in [0.2, 0.25) is 0 Å². The number of nitrogens with one attached hydrogen (secondary N) is 1. The Balaban J connectivity index is 1.78. The highest BCUT2D eigenvalue weighted by Gasteiger charge is 2.17. The molecule has 1 atom stereocenters. The lowest BCUT2D eigenvalue weighted by atomic mass is 10.1. The number of carbonyl (C=O) groups is 2. The standard InChI is InChI=1S/C13H16N2O5/c14-9(6-12(16)17)13(18)15-4-3-8-1-2-10-11(5-8)20-7-19-10/h1-2,5,9H,3-4,6-7,14H2,(H,15,18)(H,16,17)/t9-/m0/s1. The van der Waals surface area contributed by atoms with Crippen molar-refractivity contribution >= 4 is 11.9 Å². The van der Waals surface area contributed by atoms with Crippen molar-refractivity contribution in [2.24, 2.45) is 5.73 Å². The first-order valence-electron chi connectivity index (χ1n) is 6.20. The summed E-state index contributed by atoms with van der Waals surface area (Å²) in [6.07, 6.45) is 0.220. The summed E-state index contributed by atoms with van der Waals surface area (Å²) >= 11 is 0. The third kappa shape index (κ3) is 3.61. The third-order valence-electron chi connectivity index (χ3n) is 2.88. The van der Waals surface area contributed by atoms with Gasteiger partial charge in [-0.25, -0.2) is 0 Å². The van der Waals surface area contributed by atoms with Crippen LogP contribution in [0.15, 0.2) is 18.2 Å². The van der Waals surface area contributed by atoms with Gasteiger partial charge in [0.05, 0.1) is 12.5 Å².